The van der Waals surface area contributed by atoms with Crippen LogP contribution in [0.15, 0.2) is 24.3 Å². The van der Waals surface area contributed by atoms with Crippen LogP contribution in [-0.4, -0.2) is 17.4 Å². The summed E-state index contributed by atoms with van der Waals surface area (Å²) in [5.41, 5.74) is 0.971. The molecule has 1 aromatic carbocycles. The molecule has 1 fully saturated rings. The Morgan fingerprint density at radius 2 is 2.07 bits per heavy atom. The highest BCUT2D eigenvalue weighted by Gasteiger charge is 2.17. The molecule has 1 amide bonds. The maximum absolute atomic E-state index is 12.7. The molecule has 1 unspecified atom stereocenters. The summed E-state index contributed by atoms with van der Waals surface area (Å²) in [5.74, 6) is 1.56. The highest BCUT2D eigenvalue weighted by molar-refractivity contribution is 7.99. The Hall–Kier alpha value is -1.03. The van der Waals surface area contributed by atoms with Crippen molar-refractivity contribution in [2.45, 2.75) is 12.5 Å². The Morgan fingerprint density at radius 1 is 1.33 bits per heavy atom. The Kier molecular flexibility index (Phi) is 3.26. The zero-order valence-corrected chi connectivity index (χ0v) is 9.02. The Balaban J connectivity index is 2.14. The summed E-state index contributed by atoms with van der Waals surface area (Å²) in [6.45, 7) is 0. The molecule has 0 aliphatic carbocycles. The minimum absolute atomic E-state index is 0.0191. The van der Waals surface area contributed by atoms with E-state index in [9.17, 15) is 9.18 Å². The normalized spacial score (nSPS) is 21.9. The topological polar surface area (TPSA) is 29.1 Å². The average molecular weight is 225 g/mol. The van der Waals surface area contributed by atoms with Gasteiger partial charge in [0.15, 0.2) is 0 Å². The molecule has 1 saturated heterocycles. The van der Waals surface area contributed by atoms with Crippen LogP contribution in [0.3, 0.4) is 0 Å². The van der Waals surface area contributed by atoms with Crippen molar-refractivity contribution in [2.75, 3.05) is 11.5 Å². The highest BCUT2D eigenvalue weighted by atomic mass is 32.2. The molecule has 2 nitrogen and oxygen atoms in total. The van der Waals surface area contributed by atoms with Gasteiger partial charge in [0, 0.05) is 17.9 Å². The van der Waals surface area contributed by atoms with E-state index in [0.717, 1.165) is 17.1 Å². The van der Waals surface area contributed by atoms with E-state index < -0.39 is 0 Å². The van der Waals surface area contributed by atoms with Gasteiger partial charge in [-0.2, -0.15) is 11.8 Å². The number of thioether (sulfide) groups is 1. The maximum atomic E-state index is 12.7. The van der Waals surface area contributed by atoms with E-state index in [-0.39, 0.29) is 17.8 Å². The van der Waals surface area contributed by atoms with Crippen molar-refractivity contribution in [3.05, 3.63) is 35.6 Å². The molecule has 0 radical (unpaired) electrons. The van der Waals surface area contributed by atoms with E-state index in [4.69, 9.17) is 0 Å². The molecule has 80 valence electrons. The monoisotopic (exact) mass is 225 g/mol. The Bertz CT molecular complexity index is 352. The van der Waals surface area contributed by atoms with Crippen molar-refractivity contribution in [1.29, 1.82) is 0 Å². The molecular weight excluding hydrogens is 213 g/mol. The van der Waals surface area contributed by atoms with Gasteiger partial charge < -0.3 is 5.32 Å². The first kappa shape index (κ1) is 10.5. The van der Waals surface area contributed by atoms with E-state index in [1.807, 2.05) is 0 Å². The molecule has 15 heavy (non-hydrogen) atoms. The van der Waals surface area contributed by atoms with Crippen molar-refractivity contribution >= 4 is 17.7 Å². The third-order valence-corrected chi connectivity index (χ3v) is 3.43. The van der Waals surface area contributed by atoms with E-state index in [2.05, 4.69) is 5.32 Å². The largest absolute Gasteiger partial charge is 0.348 e. The van der Waals surface area contributed by atoms with Gasteiger partial charge in [-0.15, -0.1) is 0 Å². The molecule has 0 spiro atoms. The molecule has 1 heterocycles. The van der Waals surface area contributed by atoms with Crippen LogP contribution in [0.25, 0.3) is 0 Å². The fourth-order valence-corrected chi connectivity index (χ4v) is 2.56. The summed E-state index contributed by atoms with van der Waals surface area (Å²) in [6, 6.07) is 6.33. The van der Waals surface area contributed by atoms with Crippen molar-refractivity contribution in [1.82, 2.24) is 5.32 Å². The molecule has 4 heteroatoms. The molecule has 0 bridgehead atoms. The van der Waals surface area contributed by atoms with Crippen LogP contribution < -0.4 is 5.32 Å². The maximum Gasteiger partial charge on any atom is 0.221 e. The number of rotatable bonds is 1. The first-order valence-corrected chi connectivity index (χ1v) is 6.04. The van der Waals surface area contributed by atoms with Crippen molar-refractivity contribution in [2.24, 2.45) is 0 Å². The summed E-state index contributed by atoms with van der Waals surface area (Å²) < 4.78 is 12.7. The molecule has 1 aromatic rings. The number of amides is 1. The van der Waals surface area contributed by atoms with E-state index in [1.165, 1.54) is 12.1 Å². The summed E-state index contributed by atoms with van der Waals surface area (Å²) >= 11 is 1.75. The fourth-order valence-electron chi connectivity index (χ4n) is 1.55. The van der Waals surface area contributed by atoms with Gasteiger partial charge in [-0.1, -0.05) is 12.1 Å². The van der Waals surface area contributed by atoms with Crippen LogP contribution in [0.5, 0.6) is 0 Å². The third-order valence-electron chi connectivity index (χ3n) is 2.37. The predicted molar refractivity (Wildman–Crippen MR) is 59.2 cm³/mol. The van der Waals surface area contributed by atoms with Gasteiger partial charge in [-0.25, -0.2) is 4.39 Å². The van der Waals surface area contributed by atoms with Gasteiger partial charge in [-0.3, -0.25) is 4.79 Å². The lowest BCUT2D eigenvalue weighted by Gasteiger charge is -2.15. The quantitative estimate of drug-likeness (QED) is 0.793. The second-order valence-corrected chi connectivity index (χ2v) is 4.65. The second kappa shape index (κ2) is 4.66. The first-order chi connectivity index (χ1) is 7.25. The minimum Gasteiger partial charge on any atom is -0.348 e. The Morgan fingerprint density at radius 3 is 2.80 bits per heavy atom. The lowest BCUT2D eigenvalue weighted by atomic mass is 10.1. The third kappa shape index (κ3) is 2.72. The molecule has 1 aliphatic rings. The minimum atomic E-state index is -0.244. The zero-order valence-electron chi connectivity index (χ0n) is 8.20. The van der Waals surface area contributed by atoms with Crippen LogP contribution in [0.4, 0.5) is 4.39 Å². The number of hydrogen-bond acceptors (Lipinski definition) is 2. The van der Waals surface area contributed by atoms with Gasteiger partial charge in [0.25, 0.3) is 0 Å². The van der Waals surface area contributed by atoms with Crippen LogP contribution in [0.1, 0.15) is 18.0 Å². The number of carbonyl (C=O) groups excluding carboxylic acids is 1. The van der Waals surface area contributed by atoms with Crippen molar-refractivity contribution in [3.8, 4) is 0 Å². The van der Waals surface area contributed by atoms with Crippen LogP contribution in [0, 0.1) is 5.82 Å². The summed E-state index contributed by atoms with van der Waals surface area (Å²) in [4.78, 5) is 11.3. The summed E-state index contributed by atoms with van der Waals surface area (Å²) in [5, 5.41) is 2.93. The van der Waals surface area contributed by atoms with Crippen molar-refractivity contribution < 1.29 is 9.18 Å². The van der Waals surface area contributed by atoms with Crippen LogP contribution >= 0.6 is 11.8 Å². The summed E-state index contributed by atoms with van der Waals surface area (Å²) in [6.07, 6.45) is 0.572. The average Bonchev–Trinajstić information content (AvgIpc) is 2.44. The fraction of sp³-hybridized carbons (Fsp3) is 0.364. The summed E-state index contributed by atoms with van der Waals surface area (Å²) in [7, 11) is 0. The molecular formula is C11H12FNOS. The van der Waals surface area contributed by atoms with Gasteiger partial charge >= 0.3 is 0 Å². The smallest absolute Gasteiger partial charge is 0.221 e. The van der Waals surface area contributed by atoms with E-state index >= 15 is 0 Å². The van der Waals surface area contributed by atoms with Gasteiger partial charge in [0.2, 0.25) is 5.91 Å². The molecule has 2 rings (SSSR count). The Labute approximate surface area is 92.3 Å². The van der Waals surface area contributed by atoms with Gasteiger partial charge in [0.05, 0.1) is 6.04 Å². The predicted octanol–water partition coefficient (Wildman–Crippen LogP) is 2.12. The lowest BCUT2D eigenvalue weighted by molar-refractivity contribution is -0.121. The van der Waals surface area contributed by atoms with Crippen LogP contribution in [0.2, 0.25) is 0 Å². The lowest BCUT2D eigenvalue weighted by Crippen LogP contribution is -2.27. The number of hydrogen-bond donors (Lipinski definition) is 1. The molecule has 1 atom stereocenters. The SMILES string of the molecule is O=C1CCSCC(c2ccc(F)cc2)N1. The molecule has 0 aromatic heterocycles. The van der Waals surface area contributed by atoms with Crippen LogP contribution in [-0.2, 0) is 4.79 Å². The van der Waals surface area contributed by atoms with Gasteiger partial charge in [0.1, 0.15) is 5.82 Å². The highest BCUT2D eigenvalue weighted by Crippen LogP contribution is 2.22. The molecule has 1 N–H and O–H groups in total. The van der Waals surface area contributed by atoms with E-state index in [1.54, 1.807) is 23.9 Å². The number of nitrogens with one attached hydrogen (secondary N) is 1. The number of halogens is 1. The van der Waals surface area contributed by atoms with E-state index in [0.29, 0.717) is 6.42 Å². The van der Waals surface area contributed by atoms with Crippen molar-refractivity contribution in [3.63, 3.8) is 0 Å². The zero-order chi connectivity index (χ0) is 10.7. The standard InChI is InChI=1S/C11H12FNOS/c12-9-3-1-8(2-4-9)10-7-15-6-5-11(14)13-10/h1-4,10H,5-7H2,(H,13,14). The molecule has 0 saturated carbocycles. The number of carbonyl (C=O) groups is 1. The molecule has 1 aliphatic heterocycles. The van der Waals surface area contributed by atoms with Gasteiger partial charge in [-0.05, 0) is 17.7 Å². The second-order valence-electron chi connectivity index (χ2n) is 3.50. The first-order valence-electron chi connectivity index (χ1n) is 4.88. The number of benzene rings is 1.